The summed E-state index contributed by atoms with van der Waals surface area (Å²) in [5.74, 6) is 0.578. The molecule has 0 heterocycles. The fraction of sp³-hybridized carbons (Fsp3) is 0.300. The minimum absolute atomic E-state index is 0.246. The smallest absolute Gasteiger partial charge is 0.485 e. The lowest BCUT2D eigenvalue weighted by molar-refractivity contribution is -0.144. The average molecular weight is 248 g/mol. The van der Waals surface area contributed by atoms with Crippen LogP contribution in [0.25, 0.3) is 0 Å². The first kappa shape index (κ1) is 13.1. The number of alkyl halides is 3. The van der Waals surface area contributed by atoms with Gasteiger partial charge in [0.2, 0.25) is 0 Å². The van der Waals surface area contributed by atoms with E-state index < -0.39 is 12.3 Å². The third-order valence-corrected chi connectivity index (χ3v) is 1.68. The maximum absolute atomic E-state index is 11.8. The van der Waals surface area contributed by atoms with Crippen LogP contribution in [0.2, 0.25) is 0 Å². The van der Waals surface area contributed by atoms with Crippen molar-refractivity contribution in [3.05, 3.63) is 24.3 Å². The second-order valence-electron chi connectivity index (χ2n) is 3.03. The second-order valence-corrected chi connectivity index (χ2v) is 3.03. The molecule has 0 aliphatic rings. The molecule has 0 spiro atoms. The number of benzene rings is 1. The molecule has 2 N–H and O–H groups in total. The summed E-state index contributed by atoms with van der Waals surface area (Å²) < 4.78 is 40.5. The molecular formula is C10H11F3N2O2. The molecule has 0 unspecified atom stereocenters. The highest BCUT2D eigenvalue weighted by atomic mass is 19.4. The molecule has 2 amide bonds. The summed E-state index contributed by atoms with van der Waals surface area (Å²) in [5.41, 5.74) is 0.246. The van der Waals surface area contributed by atoms with E-state index in [2.05, 4.69) is 0 Å². The van der Waals surface area contributed by atoms with Gasteiger partial charge in [0, 0.05) is 5.69 Å². The van der Waals surface area contributed by atoms with E-state index in [0.717, 1.165) is 5.32 Å². The molecule has 1 aromatic rings. The molecule has 7 heteroatoms. The lowest BCUT2D eigenvalue weighted by atomic mass is 10.3. The van der Waals surface area contributed by atoms with E-state index in [1.165, 1.54) is 12.1 Å². The number of carbonyl (C=O) groups is 1. The first-order valence-electron chi connectivity index (χ1n) is 4.79. The highest BCUT2D eigenvalue weighted by Crippen LogP contribution is 2.16. The van der Waals surface area contributed by atoms with Crippen LogP contribution in [0.15, 0.2) is 24.3 Å². The fourth-order valence-electron chi connectivity index (χ4n) is 1.09. The number of anilines is 1. The Bertz CT molecular complexity index is 376. The molecule has 1 aromatic carbocycles. The molecule has 0 fully saturated rings. The number of hydrogen-bond donors (Lipinski definition) is 2. The standard InChI is InChI=1S/C10H11F3N2O2/c1-2-17-8-5-3-7(4-6-8)14-9(16)15-10(11,12)13/h3-6H,2H2,1H3,(H2,14,15,16). The molecule has 94 valence electrons. The number of halogens is 3. The van der Waals surface area contributed by atoms with E-state index in [4.69, 9.17) is 4.74 Å². The minimum Gasteiger partial charge on any atom is -0.494 e. The first-order chi connectivity index (χ1) is 7.90. The van der Waals surface area contributed by atoms with Crippen molar-refractivity contribution in [2.45, 2.75) is 13.2 Å². The zero-order valence-corrected chi connectivity index (χ0v) is 8.97. The lowest BCUT2D eigenvalue weighted by Gasteiger charge is -2.10. The van der Waals surface area contributed by atoms with E-state index in [-0.39, 0.29) is 5.69 Å². The molecule has 0 saturated heterocycles. The van der Waals surface area contributed by atoms with Gasteiger partial charge in [-0.2, -0.15) is 13.2 Å². The summed E-state index contributed by atoms with van der Waals surface area (Å²) in [6.45, 7) is 2.30. The van der Waals surface area contributed by atoms with Crippen molar-refractivity contribution in [3.63, 3.8) is 0 Å². The molecule has 0 radical (unpaired) electrons. The van der Waals surface area contributed by atoms with Crippen molar-refractivity contribution in [2.24, 2.45) is 0 Å². The Kier molecular flexibility index (Phi) is 4.19. The summed E-state index contributed by atoms with van der Waals surface area (Å²) in [5, 5.41) is 2.87. The predicted octanol–water partition coefficient (Wildman–Crippen LogP) is 2.73. The highest BCUT2D eigenvalue weighted by Gasteiger charge is 2.29. The van der Waals surface area contributed by atoms with Crippen molar-refractivity contribution >= 4 is 11.7 Å². The van der Waals surface area contributed by atoms with Gasteiger partial charge in [0.15, 0.2) is 0 Å². The zero-order valence-electron chi connectivity index (χ0n) is 8.97. The third-order valence-electron chi connectivity index (χ3n) is 1.68. The molecule has 4 nitrogen and oxygen atoms in total. The topological polar surface area (TPSA) is 50.4 Å². The van der Waals surface area contributed by atoms with Crippen LogP contribution in [0.5, 0.6) is 5.75 Å². The zero-order chi connectivity index (χ0) is 12.9. The number of hydrogen-bond acceptors (Lipinski definition) is 2. The Morgan fingerprint density at radius 3 is 2.35 bits per heavy atom. The van der Waals surface area contributed by atoms with Gasteiger partial charge in [-0.05, 0) is 31.2 Å². The summed E-state index contributed by atoms with van der Waals surface area (Å²) in [4.78, 5) is 10.9. The Labute approximate surface area is 95.8 Å². The molecule has 0 aliphatic heterocycles. The quantitative estimate of drug-likeness (QED) is 0.808. The molecule has 0 atom stereocenters. The van der Waals surface area contributed by atoms with Crippen molar-refractivity contribution in [2.75, 3.05) is 11.9 Å². The van der Waals surface area contributed by atoms with Crippen LogP contribution in [0, 0.1) is 0 Å². The predicted molar refractivity (Wildman–Crippen MR) is 55.8 cm³/mol. The van der Waals surface area contributed by atoms with Gasteiger partial charge in [-0.1, -0.05) is 0 Å². The number of urea groups is 1. The summed E-state index contributed by atoms with van der Waals surface area (Å²) in [7, 11) is 0. The van der Waals surface area contributed by atoms with Crippen LogP contribution in [0.1, 0.15) is 6.92 Å². The molecule has 0 bridgehead atoms. The van der Waals surface area contributed by atoms with Gasteiger partial charge >= 0.3 is 12.3 Å². The molecule has 0 aromatic heterocycles. The Morgan fingerprint density at radius 1 is 1.29 bits per heavy atom. The van der Waals surface area contributed by atoms with Crippen molar-refractivity contribution in [3.8, 4) is 5.75 Å². The number of rotatable bonds is 3. The Morgan fingerprint density at radius 2 is 1.88 bits per heavy atom. The molecule has 1 rings (SSSR count). The van der Waals surface area contributed by atoms with E-state index in [1.807, 2.05) is 12.2 Å². The van der Waals surface area contributed by atoms with Crippen LogP contribution in [0.4, 0.5) is 23.7 Å². The van der Waals surface area contributed by atoms with E-state index >= 15 is 0 Å². The van der Waals surface area contributed by atoms with Crippen molar-refractivity contribution in [1.82, 2.24) is 5.32 Å². The first-order valence-corrected chi connectivity index (χ1v) is 4.79. The van der Waals surface area contributed by atoms with Crippen LogP contribution in [-0.2, 0) is 0 Å². The summed E-state index contributed by atoms with van der Waals surface area (Å²) in [6.07, 6.45) is -4.74. The largest absolute Gasteiger partial charge is 0.494 e. The SMILES string of the molecule is CCOc1ccc(NC(=O)NC(F)(F)F)cc1. The van der Waals surface area contributed by atoms with Gasteiger partial charge < -0.3 is 10.1 Å². The summed E-state index contributed by atoms with van der Waals surface area (Å²) >= 11 is 0. The monoisotopic (exact) mass is 248 g/mol. The van der Waals surface area contributed by atoms with E-state index in [1.54, 1.807) is 12.1 Å². The number of amides is 2. The fourth-order valence-corrected chi connectivity index (χ4v) is 1.09. The molecule has 17 heavy (non-hydrogen) atoms. The van der Waals surface area contributed by atoms with Gasteiger partial charge in [0.25, 0.3) is 0 Å². The number of nitrogens with one attached hydrogen (secondary N) is 2. The molecular weight excluding hydrogens is 237 g/mol. The maximum Gasteiger partial charge on any atom is 0.485 e. The third kappa shape index (κ3) is 5.10. The number of ether oxygens (including phenoxy) is 1. The van der Waals surface area contributed by atoms with E-state index in [9.17, 15) is 18.0 Å². The molecule has 0 aliphatic carbocycles. The van der Waals surface area contributed by atoms with Crippen molar-refractivity contribution in [1.29, 1.82) is 0 Å². The summed E-state index contributed by atoms with van der Waals surface area (Å²) in [6, 6.07) is 4.66. The van der Waals surface area contributed by atoms with Crippen molar-refractivity contribution < 1.29 is 22.7 Å². The van der Waals surface area contributed by atoms with Gasteiger partial charge in [-0.3, -0.25) is 0 Å². The number of carbonyl (C=O) groups excluding carboxylic acids is 1. The minimum atomic E-state index is -4.74. The van der Waals surface area contributed by atoms with Crippen LogP contribution < -0.4 is 15.4 Å². The van der Waals surface area contributed by atoms with Crippen LogP contribution in [0.3, 0.4) is 0 Å². The Hall–Kier alpha value is -1.92. The van der Waals surface area contributed by atoms with Gasteiger partial charge in [0.05, 0.1) is 6.61 Å². The van der Waals surface area contributed by atoms with Gasteiger partial charge in [-0.25, -0.2) is 10.1 Å². The molecule has 0 saturated carbocycles. The highest BCUT2D eigenvalue weighted by molar-refractivity contribution is 5.89. The van der Waals surface area contributed by atoms with Crippen LogP contribution in [-0.4, -0.2) is 18.9 Å². The Balaban J connectivity index is 2.54. The average Bonchev–Trinajstić information content (AvgIpc) is 2.18. The van der Waals surface area contributed by atoms with E-state index in [0.29, 0.717) is 12.4 Å². The van der Waals surface area contributed by atoms with Crippen LogP contribution >= 0.6 is 0 Å². The maximum atomic E-state index is 11.8. The second kappa shape index (κ2) is 5.42. The normalized spacial score (nSPS) is 10.8. The van der Waals surface area contributed by atoms with Gasteiger partial charge in [0.1, 0.15) is 5.75 Å². The van der Waals surface area contributed by atoms with Gasteiger partial charge in [-0.15, -0.1) is 0 Å². The lowest BCUT2D eigenvalue weighted by Crippen LogP contribution is -2.40.